The summed E-state index contributed by atoms with van der Waals surface area (Å²) in [4.78, 5) is 22.8. The maximum atomic E-state index is 15.2. The summed E-state index contributed by atoms with van der Waals surface area (Å²) < 4.78 is 35.5. The number of allylic oxidation sites excluding steroid dienone is 1. The third kappa shape index (κ3) is 9.74. The van der Waals surface area contributed by atoms with Crippen LogP contribution in [0.25, 0.3) is 0 Å². The molecule has 63 heavy (non-hydrogen) atoms. The van der Waals surface area contributed by atoms with E-state index >= 15 is 4.79 Å². The van der Waals surface area contributed by atoms with Crippen molar-refractivity contribution in [2.45, 2.75) is 90.0 Å². The Bertz CT molecular complexity index is 2340. The second-order valence-electron chi connectivity index (χ2n) is 16.8. The number of amides is 1. The van der Waals surface area contributed by atoms with Gasteiger partial charge in [0.05, 0.1) is 29.9 Å². The van der Waals surface area contributed by atoms with Gasteiger partial charge in [0.15, 0.2) is 0 Å². The molecule has 1 fully saturated rings. The average Bonchev–Trinajstić information content (AvgIpc) is 3.29. The van der Waals surface area contributed by atoms with E-state index in [-0.39, 0.29) is 56.4 Å². The SMILES string of the molecule is C=CCO[C@@]12Oc3ccc(Oc4ccc(C)c(C)c4)cc3[C@H]3[C@H](CCCCO)[C@@H](CCCCO)C=C(C(=NOCC)C[C@@H]1N(Cc1ccc(F)cc1)C(=O)c1ccc(C#N)cc1)[C@H]32. The Morgan fingerprint density at radius 1 is 0.968 bits per heavy atom. The number of nitrogens with zero attached hydrogens (tertiary/aromatic N) is 3. The van der Waals surface area contributed by atoms with Crippen molar-refractivity contribution in [2.75, 3.05) is 26.4 Å². The molecule has 1 aliphatic heterocycles. The van der Waals surface area contributed by atoms with Crippen LogP contribution >= 0.6 is 0 Å². The van der Waals surface area contributed by atoms with E-state index in [4.69, 9.17) is 24.2 Å². The largest absolute Gasteiger partial charge is 0.459 e. The molecule has 3 aliphatic rings. The van der Waals surface area contributed by atoms with Crippen molar-refractivity contribution < 1.29 is 38.4 Å². The predicted molar refractivity (Wildman–Crippen MR) is 240 cm³/mol. The Kier molecular flexibility index (Phi) is 14.8. The van der Waals surface area contributed by atoms with Crippen LogP contribution in [0.3, 0.4) is 0 Å². The summed E-state index contributed by atoms with van der Waals surface area (Å²) in [7, 11) is 0. The minimum absolute atomic E-state index is 0.0158. The van der Waals surface area contributed by atoms with E-state index in [9.17, 15) is 19.9 Å². The number of benzene rings is 4. The molecule has 1 saturated carbocycles. The smallest absolute Gasteiger partial charge is 0.254 e. The number of aliphatic hydroxyl groups excluding tert-OH is 2. The molecule has 4 aromatic rings. The van der Waals surface area contributed by atoms with Crippen molar-refractivity contribution in [1.29, 1.82) is 5.26 Å². The molecule has 6 atom stereocenters. The highest BCUT2D eigenvalue weighted by Crippen LogP contribution is 2.62. The van der Waals surface area contributed by atoms with E-state index in [0.29, 0.717) is 59.1 Å². The predicted octanol–water partition coefficient (Wildman–Crippen LogP) is 10.1. The molecule has 0 unspecified atom stereocenters. The van der Waals surface area contributed by atoms with Crippen molar-refractivity contribution in [1.82, 2.24) is 4.90 Å². The normalized spacial score (nSPS) is 22.8. The highest BCUT2D eigenvalue weighted by molar-refractivity contribution is 6.03. The van der Waals surface area contributed by atoms with Crippen LogP contribution in [-0.4, -0.2) is 65.0 Å². The van der Waals surface area contributed by atoms with Gasteiger partial charge in [-0.15, -0.1) is 6.58 Å². The zero-order chi connectivity index (χ0) is 44.5. The second kappa shape index (κ2) is 20.6. The number of hydrogen-bond acceptors (Lipinski definition) is 9. The lowest BCUT2D eigenvalue weighted by atomic mass is 9.55. The molecule has 0 bridgehead atoms. The van der Waals surface area contributed by atoms with Gasteiger partial charge in [0.1, 0.15) is 35.7 Å². The summed E-state index contributed by atoms with van der Waals surface area (Å²) in [5.74, 6) is -1.00. The quantitative estimate of drug-likeness (QED) is 0.0541. The number of hydrogen-bond donors (Lipinski definition) is 2. The summed E-state index contributed by atoms with van der Waals surface area (Å²) >= 11 is 0. The Balaban J connectivity index is 1.47. The van der Waals surface area contributed by atoms with Crippen LogP contribution < -0.4 is 9.47 Å². The standard InChI is InChI=1S/C52H58FN3O7/c1-5-27-60-52-48(56(33-37-16-20-40(53)21-17-37)51(59)38-18-14-36(32-54)15-19-38)31-46(55-61-6-2)44-29-39(11-7-9-25-57)43(12-8-10-26-58)49(50(44)52)45-30-42(23-24-47(45)63-52)62-41-22-13-34(3)35(4)28-41/h5,13-24,28-30,39,43,48-50,57-58H,1,6-12,25-27,31,33H2,2-4H3/t39-,43+,48-,49+,50+,52+/m0/s1. The van der Waals surface area contributed by atoms with Crippen LogP contribution in [-0.2, 0) is 16.1 Å². The molecule has 1 heterocycles. The Labute approximate surface area is 370 Å². The number of carbonyl (C=O) groups excluding carboxylic acids is 1. The van der Waals surface area contributed by atoms with Crippen LogP contribution in [0.4, 0.5) is 4.39 Å². The fourth-order valence-corrected chi connectivity index (χ4v) is 9.73. The van der Waals surface area contributed by atoms with E-state index in [0.717, 1.165) is 42.4 Å². The third-order valence-corrected chi connectivity index (χ3v) is 12.8. The molecule has 7 rings (SSSR count). The number of carbonyl (C=O) groups is 1. The number of nitriles is 1. The number of fused-ring (bicyclic) bond motifs is 2. The summed E-state index contributed by atoms with van der Waals surface area (Å²) in [6.45, 7) is 10.7. The molecule has 2 aliphatic carbocycles. The van der Waals surface area contributed by atoms with Crippen molar-refractivity contribution in [3.05, 3.63) is 148 Å². The number of oxime groups is 1. The number of ether oxygens (including phenoxy) is 3. The third-order valence-electron chi connectivity index (χ3n) is 12.8. The molecular weight excluding hydrogens is 798 g/mol. The van der Waals surface area contributed by atoms with Gasteiger partial charge in [-0.05, 0) is 147 Å². The highest BCUT2D eigenvalue weighted by atomic mass is 19.1. The lowest BCUT2D eigenvalue weighted by molar-refractivity contribution is -0.255. The van der Waals surface area contributed by atoms with E-state index in [1.54, 1.807) is 47.4 Å². The first-order chi connectivity index (χ1) is 30.6. The van der Waals surface area contributed by atoms with Crippen molar-refractivity contribution in [3.8, 4) is 23.3 Å². The highest BCUT2D eigenvalue weighted by Gasteiger charge is 2.65. The monoisotopic (exact) mass is 855 g/mol. The van der Waals surface area contributed by atoms with Crippen molar-refractivity contribution in [3.63, 3.8) is 0 Å². The molecule has 2 N–H and O–H groups in total. The first-order valence-corrected chi connectivity index (χ1v) is 22.2. The topological polar surface area (TPSA) is 134 Å². The van der Waals surface area contributed by atoms with Gasteiger partial charge in [0.2, 0.25) is 5.79 Å². The number of rotatable bonds is 19. The van der Waals surface area contributed by atoms with Gasteiger partial charge in [-0.1, -0.05) is 48.3 Å². The number of halogens is 1. The van der Waals surface area contributed by atoms with Crippen molar-refractivity contribution >= 4 is 11.6 Å². The van der Waals surface area contributed by atoms with Gasteiger partial charge in [-0.3, -0.25) is 4.79 Å². The molecule has 1 amide bonds. The Morgan fingerprint density at radius 2 is 1.68 bits per heavy atom. The summed E-state index contributed by atoms with van der Waals surface area (Å²) in [6.07, 6.45) is 8.64. The fourth-order valence-electron chi connectivity index (χ4n) is 9.73. The lowest BCUT2D eigenvalue weighted by Gasteiger charge is -2.60. The Hall–Kier alpha value is -5.80. The first kappa shape index (κ1) is 45.2. The van der Waals surface area contributed by atoms with Crippen LogP contribution in [0.15, 0.2) is 114 Å². The van der Waals surface area contributed by atoms with Gasteiger partial charge in [0.25, 0.3) is 5.91 Å². The zero-order valence-corrected chi connectivity index (χ0v) is 36.5. The molecule has 4 aromatic carbocycles. The number of aliphatic hydroxyl groups is 2. The molecule has 0 saturated heterocycles. The van der Waals surface area contributed by atoms with Gasteiger partial charge in [-0.2, -0.15) is 5.26 Å². The minimum atomic E-state index is -1.51. The first-order valence-electron chi connectivity index (χ1n) is 22.2. The molecule has 330 valence electrons. The van der Waals surface area contributed by atoms with E-state index in [1.165, 1.54) is 17.7 Å². The van der Waals surface area contributed by atoms with E-state index in [2.05, 4.69) is 38.6 Å². The van der Waals surface area contributed by atoms with Gasteiger partial charge >= 0.3 is 0 Å². The number of unbranched alkanes of at least 4 members (excludes halogenated alkanes) is 2. The Morgan fingerprint density at radius 3 is 2.37 bits per heavy atom. The average molecular weight is 856 g/mol. The van der Waals surface area contributed by atoms with Crippen LogP contribution in [0, 0.1) is 48.7 Å². The lowest BCUT2D eigenvalue weighted by Crippen LogP contribution is -2.70. The molecule has 0 radical (unpaired) electrons. The van der Waals surface area contributed by atoms with E-state index in [1.807, 2.05) is 37.3 Å². The summed E-state index contributed by atoms with van der Waals surface area (Å²) in [6, 6.07) is 25.9. The molecule has 10 nitrogen and oxygen atoms in total. The number of aryl methyl sites for hydroxylation is 2. The molecule has 0 aromatic heterocycles. The molecule has 0 spiro atoms. The van der Waals surface area contributed by atoms with Crippen LogP contribution in [0.2, 0.25) is 0 Å². The summed E-state index contributed by atoms with van der Waals surface area (Å²) in [5.41, 5.74) is 6.27. The zero-order valence-electron chi connectivity index (χ0n) is 36.5. The maximum absolute atomic E-state index is 15.2. The van der Waals surface area contributed by atoms with Gasteiger partial charge in [0, 0.05) is 43.2 Å². The van der Waals surface area contributed by atoms with Crippen LogP contribution in [0.5, 0.6) is 17.2 Å². The van der Waals surface area contributed by atoms with Crippen molar-refractivity contribution in [2.24, 2.45) is 22.9 Å². The fraction of sp³-hybridized carbons (Fsp3) is 0.404. The summed E-state index contributed by atoms with van der Waals surface area (Å²) in [5, 5.41) is 34.3. The second-order valence-corrected chi connectivity index (χ2v) is 16.8. The van der Waals surface area contributed by atoms with E-state index < -0.39 is 23.6 Å². The van der Waals surface area contributed by atoms with Crippen LogP contribution in [0.1, 0.15) is 96.0 Å². The van der Waals surface area contributed by atoms with Gasteiger partial charge < -0.3 is 34.2 Å². The molecule has 11 heteroatoms. The maximum Gasteiger partial charge on any atom is 0.254 e. The van der Waals surface area contributed by atoms with Gasteiger partial charge in [-0.25, -0.2) is 4.39 Å². The minimum Gasteiger partial charge on any atom is -0.459 e. The molecular formula is C52H58FN3O7.